The Morgan fingerprint density at radius 1 is 0.391 bits per heavy atom. The highest BCUT2D eigenvalue weighted by Gasteiger charge is 2.36. The summed E-state index contributed by atoms with van der Waals surface area (Å²) in [6.45, 7) is 16.4. The van der Waals surface area contributed by atoms with E-state index in [9.17, 15) is 5.11 Å². The molecule has 0 bridgehead atoms. The van der Waals surface area contributed by atoms with Gasteiger partial charge in [-0.05, 0) is 180 Å². The van der Waals surface area contributed by atoms with Crippen molar-refractivity contribution in [3.05, 3.63) is 191 Å². The van der Waals surface area contributed by atoms with Gasteiger partial charge >= 0.3 is 0 Å². The molecule has 1 N–H and O–H groups in total. The Morgan fingerprint density at radius 2 is 0.734 bits per heavy atom. The van der Waals surface area contributed by atoms with Crippen molar-refractivity contribution in [3.63, 3.8) is 0 Å². The average Bonchev–Trinajstić information content (AvgIpc) is 3.51. The number of aromatic hydroxyl groups is 1. The van der Waals surface area contributed by atoms with Crippen molar-refractivity contribution < 1.29 is 9.84 Å². The second-order valence-electron chi connectivity index (χ2n) is 18.8. The first kappa shape index (κ1) is 39.7. The van der Waals surface area contributed by atoms with Crippen LogP contribution in [0.5, 0.6) is 11.5 Å². The Balaban J connectivity index is 1.09. The lowest BCUT2D eigenvalue weighted by Gasteiger charge is -2.24. The van der Waals surface area contributed by atoms with Crippen molar-refractivity contribution in [2.45, 2.75) is 60.3 Å². The minimum atomic E-state index is -0.250. The van der Waals surface area contributed by atoms with Crippen LogP contribution in [-0.4, -0.2) is 11.7 Å². The van der Waals surface area contributed by atoms with Crippen LogP contribution in [-0.2, 0) is 5.41 Å². The SMILES string of the molecule is CCCOc1ccc(-c2c3ccc(C)cc3c(-c3ccc4c(c3)C(C)(C)c3cc(-c5c6ccc(C)cc6c(-c6ccc(O)cc6)c6ccc(C)cc56)ccc3-4)c3ccc(C)cc23)cc1. The van der Waals surface area contributed by atoms with Gasteiger partial charge in [-0.1, -0.05) is 164 Å². The first-order valence-corrected chi connectivity index (χ1v) is 22.7. The highest BCUT2D eigenvalue weighted by molar-refractivity contribution is 6.23. The average molecular weight is 829 g/mol. The van der Waals surface area contributed by atoms with Gasteiger partial charge < -0.3 is 9.84 Å². The second kappa shape index (κ2) is 15.0. The van der Waals surface area contributed by atoms with E-state index in [1.807, 2.05) is 12.1 Å². The predicted molar refractivity (Wildman–Crippen MR) is 272 cm³/mol. The Kier molecular flexibility index (Phi) is 9.29. The van der Waals surface area contributed by atoms with Crippen molar-refractivity contribution in [2.24, 2.45) is 0 Å². The summed E-state index contributed by atoms with van der Waals surface area (Å²) in [6.07, 6.45) is 0.983. The van der Waals surface area contributed by atoms with Crippen LogP contribution >= 0.6 is 0 Å². The molecule has 0 saturated carbocycles. The van der Waals surface area contributed by atoms with Crippen LogP contribution in [0.3, 0.4) is 0 Å². The van der Waals surface area contributed by atoms with Crippen LogP contribution in [0.25, 0.3) is 98.7 Å². The van der Waals surface area contributed by atoms with E-state index in [2.05, 4.69) is 182 Å². The van der Waals surface area contributed by atoms with Crippen molar-refractivity contribution in [1.29, 1.82) is 0 Å². The molecular formula is C62H52O2. The van der Waals surface area contributed by atoms with Gasteiger partial charge in [0.25, 0.3) is 0 Å². The standard InChI is InChI=1S/C62H52O2/c1-8-29-64-45-21-15-41(16-22-45)59-49-24-10-39(5)33-55(49)61(51-26-12-37(3)31-53(51)59)43-18-28-47-46-27-17-42(34-56(46)62(6,7)57(47)35-43)60-50-25-11-36(2)30-52(50)58(40-13-19-44(63)20-14-40)48-23-9-38(4)32-54(48)60/h9-28,30-35,63H,8,29H2,1-7H3. The molecule has 0 atom stereocenters. The molecule has 0 unspecified atom stereocenters. The van der Waals surface area contributed by atoms with Gasteiger partial charge in [-0.3, -0.25) is 0 Å². The summed E-state index contributed by atoms with van der Waals surface area (Å²) in [5, 5.41) is 20.2. The first-order valence-electron chi connectivity index (χ1n) is 22.7. The van der Waals surface area contributed by atoms with Crippen LogP contribution in [0, 0.1) is 27.7 Å². The summed E-state index contributed by atoms with van der Waals surface area (Å²) >= 11 is 0. The van der Waals surface area contributed by atoms with Crippen LogP contribution in [0.2, 0.25) is 0 Å². The summed E-state index contributed by atoms with van der Waals surface area (Å²) < 4.78 is 6.00. The lowest BCUT2D eigenvalue weighted by molar-refractivity contribution is 0.317. The number of phenolic OH excluding ortho intramolecular Hbond substituents is 1. The topological polar surface area (TPSA) is 29.5 Å². The van der Waals surface area contributed by atoms with Crippen molar-refractivity contribution in [1.82, 2.24) is 0 Å². The molecule has 0 saturated heterocycles. The van der Waals surface area contributed by atoms with E-state index >= 15 is 0 Å². The van der Waals surface area contributed by atoms with E-state index in [1.54, 1.807) is 12.1 Å². The van der Waals surface area contributed by atoms with E-state index in [0.717, 1.165) is 17.7 Å². The minimum absolute atomic E-state index is 0.250. The maximum absolute atomic E-state index is 10.2. The summed E-state index contributed by atoms with van der Waals surface area (Å²) in [4.78, 5) is 0. The Bertz CT molecular complexity index is 3530. The molecule has 0 aromatic heterocycles. The third kappa shape index (κ3) is 6.30. The molecule has 0 fully saturated rings. The molecule has 64 heavy (non-hydrogen) atoms. The summed E-state index contributed by atoms with van der Waals surface area (Å²) in [7, 11) is 0. The highest BCUT2D eigenvalue weighted by atomic mass is 16.5. The number of rotatable bonds is 7. The number of benzene rings is 10. The zero-order valence-corrected chi connectivity index (χ0v) is 37.8. The number of fused-ring (bicyclic) bond motifs is 7. The first-order chi connectivity index (χ1) is 31.0. The summed E-state index contributed by atoms with van der Waals surface area (Å²) in [5.41, 5.74) is 19.8. The number of hydrogen-bond donors (Lipinski definition) is 1. The maximum atomic E-state index is 10.2. The molecule has 0 aliphatic heterocycles. The van der Waals surface area contributed by atoms with Gasteiger partial charge in [0.2, 0.25) is 0 Å². The fraction of sp³-hybridized carbons (Fsp3) is 0.161. The van der Waals surface area contributed by atoms with Gasteiger partial charge in [-0.15, -0.1) is 0 Å². The minimum Gasteiger partial charge on any atom is -0.508 e. The molecule has 1 aliphatic rings. The molecule has 11 rings (SSSR count). The van der Waals surface area contributed by atoms with Gasteiger partial charge in [-0.2, -0.15) is 0 Å². The number of ether oxygens (including phenoxy) is 1. The third-order valence-corrected chi connectivity index (χ3v) is 13.9. The molecule has 0 radical (unpaired) electrons. The van der Waals surface area contributed by atoms with Crippen LogP contribution in [0.15, 0.2) is 158 Å². The van der Waals surface area contributed by atoms with E-state index in [1.165, 1.54) is 127 Å². The smallest absolute Gasteiger partial charge is 0.119 e. The monoisotopic (exact) mass is 828 g/mol. The molecule has 1 aliphatic carbocycles. The number of aryl methyl sites for hydroxylation is 4. The van der Waals surface area contributed by atoms with E-state index in [0.29, 0.717) is 6.61 Å². The Labute approximate surface area is 376 Å². The summed E-state index contributed by atoms with van der Waals surface area (Å²) in [5.74, 6) is 1.18. The largest absolute Gasteiger partial charge is 0.508 e. The van der Waals surface area contributed by atoms with E-state index in [-0.39, 0.29) is 11.2 Å². The van der Waals surface area contributed by atoms with Crippen LogP contribution in [0.1, 0.15) is 60.6 Å². The van der Waals surface area contributed by atoms with Gasteiger partial charge in [0, 0.05) is 5.41 Å². The fourth-order valence-corrected chi connectivity index (χ4v) is 10.8. The fourth-order valence-electron chi connectivity index (χ4n) is 10.8. The predicted octanol–water partition coefficient (Wildman–Crippen LogP) is 17.0. The number of phenols is 1. The molecule has 10 aromatic rings. The van der Waals surface area contributed by atoms with Gasteiger partial charge in [0.15, 0.2) is 0 Å². The Hall–Kier alpha value is -7.16. The number of hydrogen-bond acceptors (Lipinski definition) is 2. The van der Waals surface area contributed by atoms with Crippen LogP contribution < -0.4 is 4.74 Å². The normalized spacial score (nSPS) is 12.9. The molecule has 312 valence electrons. The lowest BCUT2D eigenvalue weighted by Crippen LogP contribution is -2.15. The quantitative estimate of drug-likeness (QED) is 0.162. The molecular weight excluding hydrogens is 777 g/mol. The third-order valence-electron chi connectivity index (χ3n) is 13.9. The van der Waals surface area contributed by atoms with E-state index < -0.39 is 0 Å². The van der Waals surface area contributed by atoms with Crippen molar-refractivity contribution in [3.8, 4) is 67.1 Å². The molecule has 0 spiro atoms. The molecule has 0 heterocycles. The summed E-state index contributed by atoms with van der Waals surface area (Å²) in [6, 6.07) is 58.5. The van der Waals surface area contributed by atoms with Gasteiger partial charge in [0.05, 0.1) is 6.61 Å². The Morgan fingerprint density at radius 3 is 1.11 bits per heavy atom. The van der Waals surface area contributed by atoms with Crippen LogP contribution in [0.4, 0.5) is 0 Å². The molecule has 10 aromatic carbocycles. The lowest BCUT2D eigenvalue weighted by atomic mass is 9.79. The molecule has 0 amide bonds. The van der Waals surface area contributed by atoms with Crippen molar-refractivity contribution >= 4 is 43.1 Å². The second-order valence-corrected chi connectivity index (χ2v) is 18.8. The molecule has 2 nitrogen and oxygen atoms in total. The van der Waals surface area contributed by atoms with Crippen molar-refractivity contribution in [2.75, 3.05) is 6.61 Å². The zero-order valence-electron chi connectivity index (χ0n) is 37.8. The highest BCUT2D eigenvalue weighted by Crippen LogP contribution is 2.54. The zero-order chi connectivity index (χ0) is 44.0. The maximum Gasteiger partial charge on any atom is 0.119 e. The van der Waals surface area contributed by atoms with Gasteiger partial charge in [0.1, 0.15) is 11.5 Å². The van der Waals surface area contributed by atoms with E-state index in [4.69, 9.17) is 4.74 Å². The molecule has 2 heteroatoms. The van der Waals surface area contributed by atoms with Gasteiger partial charge in [-0.25, -0.2) is 0 Å².